The summed E-state index contributed by atoms with van der Waals surface area (Å²) in [5, 5.41) is 4.67. The van der Waals surface area contributed by atoms with Crippen molar-refractivity contribution in [2.24, 2.45) is 0 Å². The van der Waals surface area contributed by atoms with Crippen LogP contribution in [0.15, 0.2) is 6.33 Å². The van der Waals surface area contributed by atoms with Crippen molar-refractivity contribution in [3.63, 3.8) is 0 Å². The van der Waals surface area contributed by atoms with Crippen molar-refractivity contribution in [2.75, 3.05) is 5.75 Å². The van der Waals surface area contributed by atoms with Crippen molar-refractivity contribution < 1.29 is 4.79 Å². The fourth-order valence-electron chi connectivity index (χ4n) is 1.40. The number of carbonyl (C=O) groups excluding carboxylic acids is 1. The van der Waals surface area contributed by atoms with Gasteiger partial charge in [0.1, 0.15) is 17.9 Å². The van der Waals surface area contributed by atoms with Crippen LogP contribution in [0.5, 0.6) is 0 Å². The molecule has 4 nitrogen and oxygen atoms in total. The quantitative estimate of drug-likeness (QED) is 0.715. The molecule has 0 amide bonds. The molecule has 1 atom stereocenters. The lowest BCUT2D eigenvalue weighted by molar-refractivity contribution is -0.116. The van der Waals surface area contributed by atoms with Crippen LogP contribution in [0, 0.1) is 0 Å². The van der Waals surface area contributed by atoms with Gasteiger partial charge in [0.25, 0.3) is 0 Å². The number of ketones is 1. The molecule has 0 aliphatic heterocycles. The molecule has 0 spiro atoms. The van der Waals surface area contributed by atoms with Gasteiger partial charge in [-0.2, -0.15) is 16.9 Å². The summed E-state index contributed by atoms with van der Waals surface area (Å²) in [5.41, 5.74) is 0. The van der Waals surface area contributed by atoms with Crippen molar-refractivity contribution >= 4 is 17.5 Å². The Morgan fingerprint density at radius 2 is 2.29 bits per heavy atom. The lowest BCUT2D eigenvalue weighted by Gasteiger charge is -2.07. The Kier molecular flexibility index (Phi) is 6.26. The van der Waals surface area contributed by atoms with E-state index >= 15 is 0 Å². The predicted molar refractivity (Wildman–Crippen MR) is 71.2 cm³/mol. The van der Waals surface area contributed by atoms with Gasteiger partial charge in [0, 0.05) is 11.8 Å². The zero-order valence-corrected chi connectivity index (χ0v) is 11.7. The number of rotatable bonds is 8. The van der Waals surface area contributed by atoms with Gasteiger partial charge in [-0.05, 0) is 12.8 Å². The highest BCUT2D eigenvalue weighted by Crippen LogP contribution is 2.14. The number of hydrogen-bond donors (Lipinski definition) is 0. The number of thioether (sulfide) groups is 1. The minimum Gasteiger partial charge on any atom is -0.298 e. The molecule has 96 valence electrons. The number of aromatic nitrogens is 3. The summed E-state index contributed by atoms with van der Waals surface area (Å²) in [6.45, 7) is 7.21. The SMILES string of the molecule is CCCn1ncnc1CC(=O)CSC(C)CC. The Morgan fingerprint density at radius 1 is 1.53 bits per heavy atom. The first-order chi connectivity index (χ1) is 8.17. The number of carbonyl (C=O) groups is 1. The molecule has 0 aliphatic rings. The van der Waals surface area contributed by atoms with Gasteiger partial charge in [0.2, 0.25) is 0 Å². The highest BCUT2D eigenvalue weighted by molar-refractivity contribution is 8.00. The van der Waals surface area contributed by atoms with E-state index in [1.54, 1.807) is 11.8 Å². The molecule has 1 heterocycles. The predicted octanol–water partition coefficient (Wildman–Crippen LogP) is 2.33. The average molecular weight is 255 g/mol. The monoisotopic (exact) mass is 255 g/mol. The van der Waals surface area contributed by atoms with E-state index in [4.69, 9.17) is 0 Å². The van der Waals surface area contributed by atoms with Crippen LogP contribution in [-0.4, -0.2) is 31.6 Å². The van der Waals surface area contributed by atoms with Gasteiger partial charge in [0.15, 0.2) is 0 Å². The standard InChI is InChI=1S/C12H21N3OS/c1-4-6-15-12(13-9-14-15)7-11(16)8-17-10(3)5-2/h9-10H,4-8H2,1-3H3. The summed E-state index contributed by atoms with van der Waals surface area (Å²) >= 11 is 1.72. The van der Waals surface area contributed by atoms with E-state index < -0.39 is 0 Å². The molecule has 1 unspecified atom stereocenters. The Labute approximate surface area is 107 Å². The van der Waals surface area contributed by atoms with Crippen LogP contribution in [0.25, 0.3) is 0 Å². The maximum atomic E-state index is 11.8. The number of nitrogens with zero attached hydrogens (tertiary/aromatic N) is 3. The van der Waals surface area contributed by atoms with Crippen LogP contribution >= 0.6 is 11.8 Å². The minimum atomic E-state index is 0.237. The average Bonchev–Trinajstić information content (AvgIpc) is 2.74. The van der Waals surface area contributed by atoms with Crippen LogP contribution in [0.1, 0.15) is 39.4 Å². The third kappa shape index (κ3) is 4.89. The molecule has 0 aliphatic carbocycles. The molecule has 0 saturated heterocycles. The first-order valence-electron chi connectivity index (χ1n) is 6.17. The fraction of sp³-hybridized carbons (Fsp3) is 0.750. The van der Waals surface area contributed by atoms with Crippen LogP contribution in [-0.2, 0) is 17.8 Å². The van der Waals surface area contributed by atoms with Crippen molar-refractivity contribution in [3.05, 3.63) is 12.2 Å². The summed E-state index contributed by atoms with van der Waals surface area (Å²) < 4.78 is 1.83. The number of hydrogen-bond acceptors (Lipinski definition) is 4. The molecule has 17 heavy (non-hydrogen) atoms. The normalized spacial score (nSPS) is 12.6. The highest BCUT2D eigenvalue weighted by Gasteiger charge is 2.11. The highest BCUT2D eigenvalue weighted by atomic mass is 32.2. The molecule has 0 N–H and O–H groups in total. The van der Waals surface area contributed by atoms with Crippen molar-refractivity contribution in [2.45, 2.75) is 51.8 Å². The molecular formula is C12H21N3OS. The summed E-state index contributed by atoms with van der Waals surface area (Å²) in [7, 11) is 0. The molecule has 1 rings (SSSR count). The van der Waals surface area contributed by atoms with E-state index in [2.05, 4.69) is 30.9 Å². The van der Waals surface area contributed by atoms with Gasteiger partial charge >= 0.3 is 0 Å². The smallest absolute Gasteiger partial charge is 0.150 e. The number of Topliss-reactive ketones (excluding diaryl/α,β-unsaturated/α-hetero) is 1. The second-order valence-corrected chi connectivity index (χ2v) is 5.57. The third-order valence-corrected chi connectivity index (χ3v) is 3.98. The van der Waals surface area contributed by atoms with Gasteiger partial charge < -0.3 is 0 Å². The Hall–Kier alpha value is -0.840. The van der Waals surface area contributed by atoms with Crippen LogP contribution in [0.3, 0.4) is 0 Å². The molecule has 1 aromatic rings. The Morgan fingerprint density at radius 3 is 2.94 bits per heavy atom. The summed E-state index contributed by atoms with van der Waals surface area (Å²) in [5.74, 6) is 1.61. The lowest BCUT2D eigenvalue weighted by Crippen LogP contribution is -2.14. The van der Waals surface area contributed by atoms with E-state index in [-0.39, 0.29) is 5.78 Å². The second-order valence-electron chi connectivity index (χ2n) is 4.14. The first-order valence-corrected chi connectivity index (χ1v) is 7.22. The zero-order chi connectivity index (χ0) is 12.7. The van der Waals surface area contributed by atoms with Crippen LogP contribution in [0.4, 0.5) is 0 Å². The lowest BCUT2D eigenvalue weighted by atomic mass is 10.3. The van der Waals surface area contributed by atoms with Gasteiger partial charge in [0.05, 0.1) is 12.2 Å². The molecular weight excluding hydrogens is 234 g/mol. The Balaban J connectivity index is 2.42. The Bertz CT molecular complexity index is 351. The molecule has 5 heteroatoms. The molecule has 0 saturated carbocycles. The molecule has 1 aromatic heterocycles. The van der Waals surface area contributed by atoms with Crippen molar-refractivity contribution in [1.29, 1.82) is 0 Å². The third-order valence-electron chi connectivity index (χ3n) is 2.59. The summed E-state index contributed by atoms with van der Waals surface area (Å²) in [6, 6.07) is 0. The van der Waals surface area contributed by atoms with E-state index in [9.17, 15) is 4.79 Å². The first kappa shape index (κ1) is 14.2. The molecule has 0 fully saturated rings. The minimum absolute atomic E-state index is 0.237. The summed E-state index contributed by atoms with van der Waals surface area (Å²) in [4.78, 5) is 15.9. The molecule has 0 bridgehead atoms. The largest absolute Gasteiger partial charge is 0.298 e. The van der Waals surface area contributed by atoms with Crippen molar-refractivity contribution in [1.82, 2.24) is 14.8 Å². The van der Waals surface area contributed by atoms with Crippen LogP contribution < -0.4 is 0 Å². The molecule has 0 radical (unpaired) electrons. The molecule has 0 aromatic carbocycles. The maximum Gasteiger partial charge on any atom is 0.150 e. The van der Waals surface area contributed by atoms with Gasteiger partial charge in [-0.1, -0.05) is 20.8 Å². The van der Waals surface area contributed by atoms with Crippen molar-refractivity contribution in [3.8, 4) is 0 Å². The van der Waals surface area contributed by atoms with E-state index in [1.165, 1.54) is 6.33 Å². The van der Waals surface area contributed by atoms with Gasteiger partial charge in [-0.3, -0.25) is 4.79 Å². The van der Waals surface area contributed by atoms with E-state index in [0.29, 0.717) is 17.4 Å². The number of aryl methyl sites for hydroxylation is 1. The van der Waals surface area contributed by atoms with Crippen LogP contribution in [0.2, 0.25) is 0 Å². The summed E-state index contributed by atoms with van der Waals surface area (Å²) in [6.07, 6.45) is 4.04. The van der Waals surface area contributed by atoms with E-state index in [0.717, 1.165) is 25.2 Å². The van der Waals surface area contributed by atoms with E-state index in [1.807, 2.05) is 4.68 Å². The second kappa shape index (κ2) is 7.48. The van der Waals surface area contributed by atoms with Gasteiger partial charge in [-0.25, -0.2) is 9.67 Å². The zero-order valence-electron chi connectivity index (χ0n) is 10.8. The van der Waals surface area contributed by atoms with Gasteiger partial charge in [-0.15, -0.1) is 0 Å². The fourth-order valence-corrected chi connectivity index (χ4v) is 2.21. The maximum absolute atomic E-state index is 11.8. The topological polar surface area (TPSA) is 47.8 Å².